The molecule has 196 valence electrons. The van der Waals surface area contributed by atoms with E-state index in [0.717, 1.165) is 28.3 Å². The van der Waals surface area contributed by atoms with E-state index in [1.807, 2.05) is 75.3 Å². The number of carbonyl (C=O) groups excluding carboxylic acids is 3. The summed E-state index contributed by atoms with van der Waals surface area (Å²) in [6, 6.07) is 12.0. The van der Waals surface area contributed by atoms with Crippen LogP contribution in [0.15, 0.2) is 42.5 Å². The van der Waals surface area contributed by atoms with Crippen LogP contribution in [0.1, 0.15) is 42.9 Å². The monoisotopic (exact) mass is 524 g/mol. The zero-order valence-corrected chi connectivity index (χ0v) is 22.4. The van der Waals surface area contributed by atoms with Crippen LogP contribution in [0.4, 0.5) is 17.1 Å². The predicted octanol–water partition coefficient (Wildman–Crippen LogP) is 2.66. The summed E-state index contributed by atoms with van der Waals surface area (Å²) in [6.45, 7) is 4.32. The maximum atomic E-state index is 14.1. The van der Waals surface area contributed by atoms with Gasteiger partial charge in [-0.05, 0) is 60.3 Å². The Labute approximate surface area is 220 Å². The fourth-order valence-corrected chi connectivity index (χ4v) is 4.57. The van der Waals surface area contributed by atoms with Crippen molar-refractivity contribution < 1.29 is 19.1 Å². The third-order valence-electron chi connectivity index (χ3n) is 5.84. The van der Waals surface area contributed by atoms with E-state index in [-0.39, 0.29) is 22.8 Å². The van der Waals surface area contributed by atoms with Crippen LogP contribution in [0, 0.1) is 13.8 Å². The number of hydrogen-bond donors (Lipinski definition) is 3. The molecule has 3 amide bonds. The Balaban J connectivity index is 2.23. The summed E-state index contributed by atoms with van der Waals surface area (Å²) in [7, 11) is 5.37. The van der Waals surface area contributed by atoms with E-state index in [1.165, 1.54) is 4.90 Å². The molecule has 37 heavy (non-hydrogen) atoms. The van der Waals surface area contributed by atoms with Gasteiger partial charge in [0.25, 0.3) is 11.8 Å². The van der Waals surface area contributed by atoms with Gasteiger partial charge >= 0.3 is 0 Å². The highest BCUT2D eigenvalue weighted by atomic mass is 32.1. The molecule has 1 aromatic heterocycles. The molecule has 0 aliphatic carbocycles. The van der Waals surface area contributed by atoms with E-state index in [4.69, 9.17) is 16.2 Å². The van der Waals surface area contributed by atoms with Crippen molar-refractivity contribution in [2.24, 2.45) is 5.73 Å². The van der Waals surface area contributed by atoms with Gasteiger partial charge in [-0.1, -0.05) is 24.3 Å². The minimum absolute atomic E-state index is 0.0225. The Hall–Kier alpha value is -3.96. The Bertz CT molecular complexity index is 1290. The molecule has 0 spiro atoms. The summed E-state index contributed by atoms with van der Waals surface area (Å²) in [5.74, 6) is -1.80. The number of amides is 3. The number of carbonyl (C=O) groups is 3. The van der Waals surface area contributed by atoms with Crippen molar-refractivity contribution in [3.05, 3.63) is 69.7 Å². The molecule has 0 bridgehead atoms. The molecular formula is C26H32N6O4S. The summed E-state index contributed by atoms with van der Waals surface area (Å²) >= 11 is 0.772. The fraction of sp³-hybridized carbons (Fsp3) is 0.308. The van der Waals surface area contributed by atoms with Crippen molar-refractivity contribution in [2.45, 2.75) is 19.9 Å². The first-order valence-electron chi connectivity index (χ1n) is 11.6. The molecule has 0 saturated carbocycles. The zero-order valence-electron chi connectivity index (χ0n) is 21.6. The predicted molar refractivity (Wildman–Crippen MR) is 146 cm³/mol. The number of ether oxygens (including phenoxy) is 1. The third-order valence-corrected chi connectivity index (χ3v) is 6.69. The van der Waals surface area contributed by atoms with Crippen LogP contribution in [-0.4, -0.2) is 56.5 Å². The van der Waals surface area contributed by atoms with Crippen LogP contribution < -0.4 is 26.6 Å². The van der Waals surface area contributed by atoms with Gasteiger partial charge in [-0.3, -0.25) is 19.3 Å². The number of nitrogens with two attached hydrogens (primary N) is 2. The first-order valence-corrected chi connectivity index (χ1v) is 12.3. The van der Waals surface area contributed by atoms with E-state index in [9.17, 15) is 14.4 Å². The number of aromatic nitrogens is 1. The molecule has 0 aliphatic heterocycles. The first kappa shape index (κ1) is 27.6. The van der Waals surface area contributed by atoms with E-state index >= 15 is 0 Å². The molecule has 1 heterocycles. The molecule has 0 aliphatic rings. The normalized spacial score (nSPS) is 11.6. The van der Waals surface area contributed by atoms with Gasteiger partial charge in [0.05, 0.1) is 12.3 Å². The standard InChI is InChI=1S/C26H32N6O4S/c1-15-6-7-16(2)19(14-15)32(26(35)23-20(27)21(24(28)33)30-37-23)22(25(34)29-12-13-36-5)17-8-10-18(11-9-17)31(3)4/h6-11,14,22H,12-13,27H2,1-5H3,(H2,28,33)(H,29,34)/t22-/m0/s1. The molecule has 3 aromatic rings. The highest BCUT2D eigenvalue weighted by Gasteiger charge is 2.36. The largest absolute Gasteiger partial charge is 0.395 e. The summed E-state index contributed by atoms with van der Waals surface area (Å²) in [5, 5.41) is 2.86. The number of nitrogen functional groups attached to an aromatic ring is 1. The lowest BCUT2D eigenvalue weighted by Gasteiger charge is -2.32. The second kappa shape index (κ2) is 11.8. The Morgan fingerprint density at radius 1 is 1.11 bits per heavy atom. The van der Waals surface area contributed by atoms with Gasteiger partial charge in [0, 0.05) is 39.1 Å². The zero-order chi connectivity index (χ0) is 27.3. The average molecular weight is 525 g/mol. The second-order valence-corrected chi connectivity index (χ2v) is 9.55. The highest BCUT2D eigenvalue weighted by molar-refractivity contribution is 7.09. The van der Waals surface area contributed by atoms with Gasteiger partial charge in [-0.15, -0.1) is 0 Å². The lowest BCUT2D eigenvalue weighted by Crippen LogP contribution is -2.45. The van der Waals surface area contributed by atoms with Gasteiger partial charge in [0.15, 0.2) is 5.69 Å². The molecule has 0 fully saturated rings. The van der Waals surface area contributed by atoms with Crippen LogP contribution in [0.5, 0.6) is 0 Å². The smallest absolute Gasteiger partial charge is 0.273 e. The Kier molecular flexibility index (Phi) is 8.85. The summed E-state index contributed by atoms with van der Waals surface area (Å²) in [4.78, 5) is 43.0. The van der Waals surface area contributed by atoms with E-state index in [0.29, 0.717) is 17.9 Å². The molecule has 5 N–H and O–H groups in total. The highest BCUT2D eigenvalue weighted by Crippen LogP contribution is 2.35. The van der Waals surface area contributed by atoms with Crippen molar-refractivity contribution in [3.63, 3.8) is 0 Å². The molecular weight excluding hydrogens is 492 g/mol. The van der Waals surface area contributed by atoms with Gasteiger partial charge < -0.3 is 26.4 Å². The van der Waals surface area contributed by atoms with Crippen LogP contribution in [0.3, 0.4) is 0 Å². The number of primary amides is 1. The number of nitrogens with zero attached hydrogens (tertiary/aromatic N) is 3. The van der Waals surface area contributed by atoms with Gasteiger partial charge in [0.2, 0.25) is 5.91 Å². The van der Waals surface area contributed by atoms with Crippen LogP contribution in [0.2, 0.25) is 0 Å². The molecule has 11 heteroatoms. The lowest BCUT2D eigenvalue weighted by molar-refractivity contribution is -0.122. The summed E-state index contributed by atoms with van der Waals surface area (Å²) in [6.07, 6.45) is 0. The number of nitrogens with one attached hydrogen (secondary N) is 1. The fourth-order valence-electron chi connectivity index (χ4n) is 3.83. The van der Waals surface area contributed by atoms with Crippen molar-refractivity contribution in [3.8, 4) is 0 Å². The number of methoxy groups -OCH3 is 1. The third kappa shape index (κ3) is 6.07. The number of benzene rings is 2. The second-order valence-electron chi connectivity index (χ2n) is 8.78. The molecule has 10 nitrogen and oxygen atoms in total. The van der Waals surface area contributed by atoms with Crippen molar-refractivity contribution in [1.82, 2.24) is 9.69 Å². The number of aryl methyl sites for hydroxylation is 2. The van der Waals surface area contributed by atoms with Crippen molar-refractivity contribution in [1.29, 1.82) is 0 Å². The van der Waals surface area contributed by atoms with E-state index in [1.54, 1.807) is 7.11 Å². The number of anilines is 3. The first-order chi connectivity index (χ1) is 17.6. The molecule has 0 saturated heterocycles. The minimum Gasteiger partial charge on any atom is -0.395 e. The number of rotatable bonds is 10. The topological polar surface area (TPSA) is 144 Å². The van der Waals surface area contributed by atoms with Gasteiger partial charge in [-0.25, -0.2) is 0 Å². The molecule has 0 radical (unpaired) electrons. The molecule has 3 rings (SSSR count). The van der Waals surface area contributed by atoms with Crippen LogP contribution >= 0.6 is 11.5 Å². The summed E-state index contributed by atoms with van der Waals surface area (Å²) < 4.78 is 9.08. The van der Waals surface area contributed by atoms with E-state index < -0.39 is 23.8 Å². The Morgan fingerprint density at radius 2 is 1.78 bits per heavy atom. The van der Waals surface area contributed by atoms with Gasteiger partial charge in [-0.2, -0.15) is 4.37 Å². The average Bonchev–Trinajstić information content (AvgIpc) is 3.25. The van der Waals surface area contributed by atoms with Crippen LogP contribution in [0.25, 0.3) is 0 Å². The molecule has 0 unspecified atom stereocenters. The number of hydrogen-bond acceptors (Lipinski definition) is 8. The minimum atomic E-state index is -1.06. The SMILES string of the molecule is COCCNC(=O)[C@H](c1ccc(N(C)C)cc1)N(C(=O)c1snc(C(N)=O)c1N)c1cc(C)ccc1C. The summed E-state index contributed by atoms with van der Waals surface area (Å²) in [5.41, 5.74) is 15.0. The van der Waals surface area contributed by atoms with Crippen LogP contribution in [-0.2, 0) is 9.53 Å². The maximum absolute atomic E-state index is 14.1. The lowest BCUT2D eigenvalue weighted by atomic mass is 10.00. The van der Waals surface area contributed by atoms with Gasteiger partial charge in [0.1, 0.15) is 10.9 Å². The van der Waals surface area contributed by atoms with E-state index in [2.05, 4.69) is 9.69 Å². The molecule has 2 aromatic carbocycles. The quantitative estimate of drug-likeness (QED) is 0.346. The molecule has 1 atom stereocenters. The maximum Gasteiger partial charge on any atom is 0.273 e. The van der Waals surface area contributed by atoms with Crippen molar-refractivity contribution in [2.75, 3.05) is 49.9 Å². The van der Waals surface area contributed by atoms with Crippen molar-refractivity contribution >= 4 is 46.3 Å². The Morgan fingerprint density at radius 3 is 2.35 bits per heavy atom.